The van der Waals surface area contributed by atoms with Gasteiger partial charge in [0, 0.05) is 11.1 Å². The van der Waals surface area contributed by atoms with E-state index in [9.17, 15) is 5.11 Å². The van der Waals surface area contributed by atoms with Gasteiger partial charge in [-0.05, 0) is 24.3 Å². The number of phenolic OH excluding ortho intramolecular Hbond substituents is 1. The third-order valence-corrected chi connectivity index (χ3v) is 3.85. The summed E-state index contributed by atoms with van der Waals surface area (Å²) in [4.78, 5) is 16.2. The molecule has 0 radical (unpaired) electrons. The number of aromatic hydroxyl groups is 1. The lowest BCUT2D eigenvalue weighted by Gasteiger charge is -2.03. The van der Waals surface area contributed by atoms with Crippen LogP contribution in [0.2, 0.25) is 0 Å². The average molecular weight is 388 g/mol. The summed E-state index contributed by atoms with van der Waals surface area (Å²) in [5.74, 6) is 1.81. The summed E-state index contributed by atoms with van der Waals surface area (Å²) in [6.45, 7) is 0. The van der Waals surface area contributed by atoms with Crippen LogP contribution < -0.4 is 16.2 Å². The Hall–Kier alpha value is -4.20. The number of aromatic nitrogens is 4. The van der Waals surface area contributed by atoms with Crippen LogP contribution in [0.5, 0.6) is 11.5 Å². The molecule has 8 nitrogen and oxygen atoms in total. The molecule has 4 rings (SSSR count). The Morgan fingerprint density at radius 3 is 1.76 bits per heavy atom. The predicted molar refractivity (Wildman–Crippen MR) is 112 cm³/mol. The van der Waals surface area contributed by atoms with Crippen LogP contribution in [0.1, 0.15) is 0 Å². The van der Waals surface area contributed by atoms with Gasteiger partial charge in [0.15, 0.2) is 0 Å². The Balaban J connectivity index is 0.000000166. The Kier molecular flexibility index (Phi) is 6.16. The Morgan fingerprint density at radius 1 is 0.724 bits per heavy atom. The minimum absolute atomic E-state index is 0.209. The highest BCUT2D eigenvalue weighted by atomic mass is 16.5. The molecule has 8 heteroatoms. The number of nitrogen functional groups attached to an aromatic ring is 2. The molecule has 0 amide bonds. The molecule has 0 saturated carbocycles. The lowest BCUT2D eigenvalue weighted by Crippen LogP contribution is -1.92. The Bertz CT molecular complexity index is 1070. The van der Waals surface area contributed by atoms with Crippen molar-refractivity contribution >= 4 is 11.6 Å². The number of rotatable bonds is 3. The minimum Gasteiger partial charge on any atom is -0.508 e. The van der Waals surface area contributed by atoms with Crippen molar-refractivity contribution in [3.63, 3.8) is 0 Å². The highest BCUT2D eigenvalue weighted by molar-refractivity contribution is 5.61. The summed E-state index contributed by atoms with van der Waals surface area (Å²) in [6, 6.07) is 14.5. The largest absolute Gasteiger partial charge is 0.508 e. The van der Waals surface area contributed by atoms with Crippen molar-refractivity contribution in [2.75, 3.05) is 18.6 Å². The molecule has 0 saturated heterocycles. The zero-order valence-electron chi connectivity index (χ0n) is 15.7. The predicted octanol–water partition coefficient (Wildman–Crippen LogP) is 3.17. The zero-order valence-corrected chi connectivity index (χ0v) is 15.7. The molecule has 146 valence electrons. The standard InChI is InChI=1S/C11H11N3O.C10H9N3O/c1-15-9-4-2-3-8(5-9)10-6-14-11(12)7-13-10;11-10-6-12-9(5-13-10)7-2-1-3-8(14)4-7/h2-7H,1H3,(H2,12,14);1-6,14H,(H2,11,13). The van der Waals surface area contributed by atoms with Gasteiger partial charge in [0.1, 0.15) is 23.1 Å². The average Bonchev–Trinajstić information content (AvgIpc) is 2.75. The molecule has 0 aliphatic heterocycles. The van der Waals surface area contributed by atoms with Crippen molar-refractivity contribution < 1.29 is 9.84 Å². The van der Waals surface area contributed by atoms with E-state index in [-0.39, 0.29) is 5.75 Å². The molecule has 0 spiro atoms. The number of hydrogen-bond acceptors (Lipinski definition) is 8. The van der Waals surface area contributed by atoms with Gasteiger partial charge >= 0.3 is 0 Å². The molecular formula is C21H20N6O2. The second kappa shape index (κ2) is 9.14. The summed E-state index contributed by atoms with van der Waals surface area (Å²) in [5.41, 5.74) is 14.1. The molecule has 2 aromatic heterocycles. The summed E-state index contributed by atoms with van der Waals surface area (Å²) in [6.07, 6.45) is 6.24. The summed E-state index contributed by atoms with van der Waals surface area (Å²) in [7, 11) is 1.63. The number of ether oxygens (including phenoxy) is 1. The lowest BCUT2D eigenvalue weighted by atomic mass is 10.1. The van der Waals surface area contributed by atoms with Gasteiger partial charge in [-0.2, -0.15) is 0 Å². The third kappa shape index (κ3) is 5.39. The van der Waals surface area contributed by atoms with Crippen molar-refractivity contribution in [3.8, 4) is 34.0 Å². The van der Waals surface area contributed by atoms with E-state index in [0.29, 0.717) is 17.3 Å². The van der Waals surface area contributed by atoms with Crippen LogP contribution in [0.3, 0.4) is 0 Å². The van der Waals surface area contributed by atoms with Crippen LogP contribution in [0.4, 0.5) is 11.6 Å². The molecule has 0 bridgehead atoms. The van der Waals surface area contributed by atoms with Crippen LogP contribution in [0.25, 0.3) is 22.5 Å². The molecule has 4 aromatic rings. The number of phenols is 1. The van der Waals surface area contributed by atoms with E-state index >= 15 is 0 Å². The fraction of sp³-hybridized carbons (Fsp3) is 0.0476. The highest BCUT2D eigenvalue weighted by Crippen LogP contribution is 2.22. The smallest absolute Gasteiger partial charge is 0.141 e. The molecule has 0 aliphatic rings. The van der Waals surface area contributed by atoms with Gasteiger partial charge < -0.3 is 21.3 Å². The maximum atomic E-state index is 9.26. The first kappa shape index (κ1) is 19.6. The second-order valence-corrected chi connectivity index (χ2v) is 5.94. The van der Waals surface area contributed by atoms with Crippen molar-refractivity contribution in [2.24, 2.45) is 0 Å². The number of nitrogens with two attached hydrogens (primary N) is 2. The number of nitrogens with zero attached hydrogens (tertiary/aromatic N) is 4. The molecule has 0 aliphatic carbocycles. The van der Waals surface area contributed by atoms with Gasteiger partial charge in [-0.15, -0.1) is 0 Å². The molecule has 2 aromatic carbocycles. The lowest BCUT2D eigenvalue weighted by molar-refractivity contribution is 0.415. The van der Waals surface area contributed by atoms with Crippen molar-refractivity contribution in [2.45, 2.75) is 0 Å². The van der Waals surface area contributed by atoms with Gasteiger partial charge in [-0.3, -0.25) is 9.97 Å². The maximum absolute atomic E-state index is 9.26. The molecule has 0 unspecified atom stereocenters. The number of hydrogen-bond donors (Lipinski definition) is 3. The SMILES string of the molecule is COc1cccc(-c2cnc(N)cn2)c1.Nc1cnc(-c2cccc(O)c2)cn1. The van der Waals surface area contributed by atoms with E-state index in [0.717, 1.165) is 22.6 Å². The first-order valence-electron chi connectivity index (χ1n) is 8.64. The Labute approximate surface area is 167 Å². The first-order chi connectivity index (χ1) is 14.0. The fourth-order valence-electron chi connectivity index (χ4n) is 2.42. The van der Waals surface area contributed by atoms with Crippen molar-refractivity contribution in [1.29, 1.82) is 0 Å². The molecular weight excluding hydrogens is 368 g/mol. The van der Waals surface area contributed by atoms with Crippen LogP contribution >= 0.6 is 0 Å². The molecule has 5 N–H and O–H groups in total. The van der Waals surface area contributed by atoms with Crippen LogP contribution in [-0.2, 0) is 0 Å². The van der Waals surface area contributed by atoms with E-state index in [4.69, 9.17) is 16.2 Å². The number of anilines is 2. The van der Waals surface area contributed by atoms with Gasteiger partial charge in [-0.1, -0.05) is 24.3 Å². The monoisotopic (exact) mass is 388 g/mol. The van der Waals surface area contributed by atoms with E-state index in [1.165, 1.54) is 12.4 Å². The van der Waals surface area contributed by atoms with Crippen LogP contribution in [0, 0.1) is 0 Å². The highest BCUT2D eigenvalue weighted by Gasteiger charge is 2.01. The normalized spacial score (nSPS) is 9.97. The number of methoxy groups -OCH3 is 1. The second-order valence-electron chi connectivity index (χ2n) is 5.94. The van der Waals surface area contributed by atoms with Crippen molar-refractivity contribution in [3.05, 3.63) is 73.3 Å². The van der Waals surface area contributed by atoms with Gasteiger partial charge in [0.05, 0.1) is 43.3 Å². The minimum atomic E-state index is 0.209. The molecule has 0 atom stereocenters. The number of benzene rings is 2. The quantitative estimate of drug-likeness (QED) is 0.487. The van der Waals surface area contributed by atoms with Gasteiger partial charge in [0.2, 0.25) is 0 Å². The van der Waals surface area contributed by atoms with Gasteiger partial charge in [0.25, 0.3) is 0 Å². The topological polar surface area (TPSA) is 133 Å². The van der Waals surface area contributed by atoms with Crippen molar-refractivity contribution in [1.82, 2.24) is 19.9 Å². The molecule has 29 heavy (non-hydrogen) atoms. The Morgan fingerprint density at radius 2 is 1.28 bits per heavy atom. The van der Waals surface area contributed by atoms with Crippen LogP contribution in [-0.4, -0.2) is 32.2 Å². The van der Waals surface area contributed by atoms with E-state index < -0.39 is 0 Å². The summed E-state index contributed by atoms with van der Waals surface area (Å²) in [5, 5.41) is 9.26. The van der Waals surface area contributed by atoms with E-state index in [1.807, 2.05) is 30.3 Å². The molecule has 0 fully saturated rings. The van der Waals surface area contributed by atoms with E-state index in [2.05, 4.69) is 19.9 Å². The fourth-order valence-corrected chi connectivity index (χ4v) is 2.42. The zero-order chi connectivity index (χ0) is 20.6. The molecule has 2 heterocycles. The summed E-state index contributed by atoms with van der Waals surface area (Å²) >= 11 is 0. The summed E-state index contributed by atoms with van der Waals surface area (Å²) < 4.78 is 5.13. The maximum Gasteiger partial charge on any atom is 0.141 e. The third-order valence-electron chi connectivity index (χ3n) is 3.85. The van der Waals surface area contributed by atoms with Crippen LogP contribution in [0.15, 0.2) is 73.3 Å². The first-order valence-corrected chi connectivity index (χ1v) is 8.64. The van der Waals surface area contributed by atoms with E-state index in [1.54, 1.807) is 37.7 Å². The van der Waals surface area contributed by atoms with Gasteiger partial charge in [-0.25, -0.2) is 9.97 Å².